The maximum absolute atomic E-state index is 13.7. The summed E-state index contributed by atoms with van der Waals surface area (Å²) in [5.74, 6) is 0.329. The summed E-state index contributed by atoms with van der Waals surface area (Å²) in [4.78, 5) is 0. The van der Waals surface area contributed by atoms with E-state index in [1.807, 2.05) is 13.8 Å². The Morgan fingerprint density at radius 3 is 2.76 bits per heavy atom. The molecule has 2 nitrogen and oxygen atoms in total. The van der Waals surface area contributed by atoms with Gasteiger partial charge in [0, 0.05) is 24.1 Å². The molecule has 0 bridgehead atoms. The fraction of sp³-hybridized carbons (Fsp3) is 0.429. The van der Waals surface area contributed by atoms with E-state index in [9.17, 15) is 4.39 Å². The number of halogens is 1. The molecule has 0 saturated heterocycles. The third kappa shape index (κ3) is 4.19. The standard InChI is InChI=1S/C14H20FNO/c1-10(2)7-8-17-12-5-6-13(11(3)16-4)14(15)9-12/h5-6,9,11,16H,1,7-8H2,2-4H3. The van der Waals surface area contributed by atoms with Crippen LogP contribution in [-0.2, 0) is 0 Å². The van der Waals surface area contributed by atoms with Crippen molar-refractivity contribution < 1.29 is 9.13 Å². The topological polar surface area (TPSA) is 21.3 Å². The quantitative estimate of drug-likeness (QED) is 0.765. The molecule has 0 aliphatic heterocycles. The van der Waals surface area contributed by atoms with Crippen LogP contribution in [0, 0.1) is 5.82 Å². The summed E-state index contributed by atoms with van der Waals surface area (Å²) in [7, 11) is 1.81. The van der Waals surface area contributed by atoms with Gasteiger partial charge in [0.2, 0.25) is 0 Å². The predicted molar refractivity (Wildman–Crippen MR) is 68.8 cm³/mol. The summed E-state index contributed by atoms with van der Waals surface area (Å²) >= 11 is 0. The van der Waals surface area contributed by atoms with E-state index in [1.165, 1.54) is 6.07 Å². The first-order valence-electron chi connectivity index (χ1n) is 5.78. The van der Waals surface area contributed by atoms with Gasteiger partial charge in [0.1, 0.15) is 11.6 Å². The maximum Gasteiger partial charge on any atom is 0.131 e. The molecule has 0 fully saturated rings. The zero-order valence-electron chi connectivity index (χ0n) is 10.7. The lowest BCUT2D eigenvalue weighted by atomic mass is 10.1. The van der Waals surface area contributed by atoms with E-state index < -0.39 is 0 Å². The van der Waals surface area contributed by atoms with Crippen LogP contribution in [0.2, 0.25) is 0 Å². The van der Waals surface area contributed by atoms with E-state index in [0.717, 1.165) is 12.0 Å². The Kier molecular flexibility index (Phi) is 5.16. The highest BCUT2D eigenvalue weighted by Crippen LogP contribution is 2.21. The molecule has 3 heteroatoms. The lowest BCUT2D eigenvalue weighted by Gasteiger charge is -2.13. The molecule has 1 N–H and O–H groups in total. The number of rotatable bonds is 6. The van der Waals surface area contributed by atoms with E-state index in [0.29, 0.717) is 17.9 Å². The molecule has 1 unspecified atom stereocenters. The van der Waals surface area contributed by atoms with Gasteiger partial charge in [-0.2, -0.15) is 0 Å². The van der Waals surface area contributed by atoms with Crippen LogP contribution in [0.4, 0.5) is 4.39 Å². The number of benzene rings is 1. The van der Waals surface area contributed by atoms with Crippen LogP contribution >= 0.6 is 0 Å². The first kappa shape index (κ1) is 13.7. The third-order valence-electron chi connectivity index (χ3n) is 2.67. The fourth-order valence-corrected chi connectivity index (χ4v) is 1.45. The number of hydrogen-bond acceptors (Lipinski definition) is 2. The zero-order valence-corrected chi connectivity index (χ0v) is 10.7. The summed E-state index contributed by atoms with van der Waals surface area (Å²) in [5.41, 5.74) is 1.71. The average Bonchev–Trinajstić information content (AvgIpc) is 2.28. The molecule has 0 spiro atoms. The lowest BCUT2D eigenvalue weighted by Crippen LogP contribution is -2.13. The second-order valence-corrected chi connectivity index (χ2v) is 4.25. The number of hydrogen-bond donors (Lipinski definition) is 1. The van der Waals surface area contributed by atoms with Gasteiger partial charge in [0.15, 0.2) is 0 Å². The van der Waals surface area contributed by atoms with Gasteiger partial charge >= 0.3 is 0 Å². The van der Waals surface area contributed by atoms with Crippen LogP contribution in [-0.4, -0.2) is 13.7 Å². The molecule has 0 aromatic heterocycles. The predicted octanol–water partition coefficient (Wildman–Crippen LogP) is 3.45. The van der Waals surface area contributed by atoms with Crippen molar-refractivity contribution in [3.8, 4) is 5.75 Å². The summed E-state index contributed by atoms with van der Waals surface area (Å²) in [5, 5.41) is 3.01. The summed E-state index contributed by atoms with van der Waals surface area (Å²) in [6, 6.07) is 4.98. The highest BCUT2D eigenvalue weighted by atomic mass is 19.1. The van der Waals surface area contributed by atoms with Gasteiger partial charge in [-0.1, -0.05) is 11.6 Å². The second-order valence-electron chi connectivity index (χ2n) is 4.25. The molecule has 0 saturated carbocycles. The van der Waals surface area contributed by atoms with Gasteiger partial charge < -0.3 is 10.1 Å². The van der Waals surface area contributed by atoms with Crippen molar-refractivity contribution in [1.29, 1.82) is 0 Å². The smallest absolute Gasteiger partial charge is 0.131 e. The normalized spacial score (nSPS) is 12.2. The Hall–Kier alpha value is -1.35. The van der Waals surface area contributed by atoms with Crippen LogP contribution in [0.3, 0.4) is 0 Å². The van der Waals surface area contributed by atoms with Crippen LogP contribution < -0.4 is 10.1 Å². The van der Waals surface area contributed by atoms with Gasteiger partial charge in [-0.25, -0.2) is 4.39 Å². The molecule has 1 aromatic rings. The SMILES string of the molecule is C=C(C)CCOc1ccc(C(C)NC)c(F)c1. The Labute approximate surface area is 102 Å². The third-order valence-corrected chi connectivity index (χ3v) is 2.67. The first-order valence-corrected chi connectivity index (χ1v) is 5.78. The Bertz CT molecular complexity index is 390. The Balaban J connectivity index is 2.65. The Morgan fingerprint density at radius 2 is 2.24 bits per heavy atom. The van der Waals surface area contributed by atoms with E-state index in [2.05, 4.69) is 11.9 Å². The zero-order chi connectivity index (χ0) is 12.8. The minimum absolute atomic E-state index is 0.000491. The first-order chi connectivity index (χ1) is 8.04. The second kappa shape index (κ2) is 6.40. The number of ether oxygens (including phenoxy) is 1. The van der Waals surface area contributed by atoms with Gasteiger partial charge in [-0.05, 0) is 27.0 Å². The van der Waals surface area contributed by atoms with Gasteiger partial charge in [0.05, 0.1) is 6.61 Å². The van der Waals surface area contributed by atoms with Crippen molar-refractivity contribution in [3.63, 3.8) is 0 Å². The van der Waals surface area contributed by atoms with Crippen LogP contribution in [0.1, 0.15) is 31.9 Å². The molecule has 0 aliphatic rings. The molecule has 1 atom stereocenters. The lowest BCUT2D eigenvalue weighted by molar-refractivity contribution is 0.319. The largest absolute Gasteiger partial charge is 0.493 e. The number of nitrogens with one attached hydrogen (secondary N) is 1. The van der Waals surface area contributed by atoms with E-state index in [4.69, 9.17) is 4.74 Å². The minimum atomic E-state index is -0.236. The van der Waals surface area contributed by atoms with E-state index in [-0.39, 0.29) is 11.9 Å². The van der Waals surface area contributed by atoms with Gasteiger partial charge in [-0.15, -0.1) is 6.58 Å². The maximum atomic E-state index is 13.7. The van der Waals surface area contributed by atoms with Crippen molar-refractivity contribution in [2.24, 2.45) is 0 Å². The van der Waals surface area contributed by atoms with E-state index >= 15 is 0 Å². The molecular weight excluding hydrogens is 217 g/mol. The van der Waals surface area contributed by atoms with Crippen LogP contribution in [0.15, 0.2) is 30.4 Å². The fourth-order valence-electron chi connectivity index (χ4n) is 1.45. The van der Waals surface area contributed by atoms with Crippen molar-refractivity contribution in [2.75, 3.05) is 13.7 Å². The van der Waals surface area contributed by atoms with Crippen molar-refractivity contribution in [2.45, 2.75) is 26.3 Å². The van der Waals surface area contributed by atoms with Gasteiger partial charge in [0.25, 0.3) is 0 Å². The average molecular weight is 237 g/mol. The minimum Gasteiger partial charge on any atom is -0.493 e. The molecule has 17 heavy (non-hydrogen) atoms. The molecule has 1 aromatic carbocycles. The highest BCUT2D eigenvalue weighted by molar-refractivity contribution is 5.30. The molecule has 94 valence electrons. The molecule has 0 radical (unpaired) electrons. The molecule has 0 heterocycles. The van der Waals surface area contributed by atoms with Gasteiger partial charge in [-0.3, -0.25) is 0 Å². The molecule has 1 rings (SSSR count). The van der Waals surface area contributed by atoms with Crippen LogP contribution in [0.25, 0.3) is 0 Å². The van der Waals surface area contributed by atoms with Crippen molar-refractivity contribution in [1.82, 2.24) is 5.32 Å². The summed E-state index contributed by atoms with van der Waals surface area (Å²) < 4.78 is 19.2. The summed E-state index contributed by atoms with van der Waals surface area (Å²) in [6.07, 6.45) is 0.788. The summed E-state index contributed by atoms with van der Waals surface area (Å²) in [6.45, 7) is 8.19. The molecular formula is C14H20FNO. The molecule has 0 aliphatic carbocycles. The van der Waals surface area contributed by atoms with Crippen LogP contribution in [0.5, 0.6) is 5.75 Å². The van der Waals surface area contributed by atoms with Crippen molar-refractivity contribution in [3.05, 3.63) is 41.7 Å². The Morgan fingerprint density at radius 1 is 1.53 bits per heavy atom. The monoisotopic (exact) mass is 237 g/mol. The molecule has 0 amide bonds. The van der Waals surface area contributed by atoms with E-state index in [1.54, 1.807) is 19.2 Å². The van der Waals surface area contributed by atoms with Crippen molar-refractivity contribution >= 4 is 0 Å². The highest BCUT2D eigenvalue weighted by Gasteiger charge is 2.09.